The molecule has 0 atom stereocenters. The summed E-state index contributed by atoms with van der Waals surface area (Å²) in [7, 11) is 0. The van der Waals surface area contributed by atoms with E-state index in [-0.39, 0.29) is 11.3 Å². The van der Waals surface area contributed by atoms with Crippen LogP contribution in [0.1, 0.15) is 52.1 Å². The molecule has 17 heavy (non-hydrogen) atoms. The van der Waals surface area contributed by atoms with E-state index in [0.29, 0.717) is 0 Å². The number of hydrogen-bond donors (Lipinski definition) is 1. The number of tetrazole rings is 1. The normalized spacial score (nSPS) is 12.4. The van der Waals surface area contributed by atoms with Gasteiger partial charge in [0.15, 0.2) is 11.9 Å². The van der Waals surface area contributed by atoms with Crippen molar-refractivity contribution in [2.45, 2.75) is 46.0 Å². The average molecular weight is 236 g/mol. The molecule has 0 bridgehead atoms. The predicted octanol–water partition coefficient (Wildman–Crippen LogP) is 0.416. The molecule has 0 saturated carbocycles. The molecule has 0 aromatic carbocycles. The van der Waals surface area contributed by atoms with Gasteiger partial charge < -0.3 is 0 Å². The van der Waals surface area contributed by atoms with E-state index in [9.17, 15) is 0 Å². The number of nitrogens with one attached hydrogen (secondary N) is 1. The van der Waals surface area contributed by atoms with E-state index in [1.807, 2.05) is 20.0 Å². The summed E-state index contributed by atoms with van der Waals surface area (Å²) >= 11 is 0. The van der Waals surface area contributed by atoms with Crippen LogP contribution in [-0.4, -0.2) is 30.6 Å². The minimum atomic E-state index is -0.00620. The van der Waals surface area contributed by atoms with Crippen LogP contribution in [0.15, 0.2) is 6.20 Å². The van der Waals surface area contributed by atoms with Crippen molar-refractivity contribution in [3.63, 3.8) is 0 Å². The van der Waals surface area contributed by atoms with Crippen LogP contribution in [0.2, 0.25) is 0 Å². The Balaban J connectivity index is 2.41. The lowest BCUT2D eigenvalue weighted by atomic mass is 9.93. The molecule has 7 heteroatoms. The number of H-pyrrole nitrogens is 1. The van der Waals surface area contributed by atoms with Crippen molar-refractivity contribution in [2.24, 2.45) is 0 Å². The highest BCUT2D eigenvalue weighted by Crippen LogP contribution is 2.17. The van der Waals surface area contributed by atoms with Gasteiger partial charge in [-0.1, -0.05) is 49.7 Å². The maximum atomic E-state index is 4.27. The summed E-state index contributed by atoms with van der Waals surface area (Å²) in [6.07, 6.45) is 1.90. The predicted molar refractivity (Wildman–Crippen MR) is 60.2 cm³/mol. The number of nitrogens with zero attached hydrogens (tertiary/aromatic N) is 6. The molecule has 0 fully saturated rings. The number of rotatable bonds is 2. The molecule has 0 saturated heterocycles. The Morgan fingerprint density at radius 3 is 2.59 bits per heavy atom. The molecule has 0 amide bonds. The maximum Gasteiger partial charge on any atom is 0.210 e. The molecule has 2 aromatic rings. The van der Waals surface area contributed by atoms with Crippen molar-refractivity contribution in [1.29, 1.82) is 0 Å². The van der Waals surface area contributed by atoms with Crippen LogP contribution < -0.4 is 4.79 Å². The Bertz CT molecular complexity index is 503. The van der Waals surface area contributed by atoms with E-state index >= 15 is 0 Å². The Kier molecular flexibility index (Phi) is 2.68. The molecule has 0 unspecified atom stereocenters. The first-order valence-electron chi connectivity index (χ1n) is 5.66. The second-order valence-electron chi connectivity index (χ2n) is 5.40. The number of hydrogen-bond acceptors (Lipinski definition) is 4. The highest BCUT2D eigenvalue weighted by molar-refractivity contribution is 5.03. The summed E-state index contributed by atoms with van der Waals surface area (Å²) in [6, 6.07) is 0. The molecule has 2 heterocycles. The van der Waals surface area contributed by atoms with Gasteiger partial charge in [0.25, 0.3) is 0 Å². The lowest BCUT2D eigenvalue weighted by Gasteiger charge is -2.09. The Morgan fingerprint density at radius 2 is 2.06 bits per heavy atom. The first-order valence-corrected chi connectivity index (χ1v) is 5.66. The summed E-state index contributed by atoms with van der Waals surface area (Å²) in [6.45, 7) is 10.4. The molecule has 92 valence electrons. The second-order valence-corrected chi connectivity index (χ2v) is 5.40. The van der Waals surface area contributed by atoms with Gasteiger partial charge in [-0.15, -0.1) is 0 Å². The van der Waals surface area contributed by atoms with Crippen molar-refractivity contribution in [1.82, 2.24) is 30.6 Å². The van der Waals surface area contributed by atoms with Gasteiger partial charge in [0.2, 0.25) is 5.82 Å². The molecule has 2 rings (SSSR count). The topological polar surface area (TPSA) is 76.2 Å². The molecule has 2 aromatic heterocycles. The molecule has 7 nitrogen and oxygen atoms in total. The first kappa shape index (κ1) is 11.7. The summed E-state index contributed by atoms with van der Waals surface area (Å²) in [5.41, 5.74) is 0.955. The third-order valence-corrected chi connectivity index (χ3v) is 2.48. The summed E-state index contributed by atoms with van der Waals surface area (Å²) in [5.74, 6) is 1.04. The fourth-order valence-corrected chi connectivity index (χ4v) is 1.43. The highest BCUT2D eigenvalue weighted by atomic mass is 15.8. The Hall–Kier alpha value is -1.79. The Labute approximate surface area is 99.8 Å². The van der Waals surface area contributed by atoms with Crippen molar-refractivity contribution in [3.8, 4) is 0 Å². The van der Waals surface area contributed by atoms with E-state index in [0.717, 1.165) is 11.5 Å². The molecule has 0 spiro atoms. The van der Waals surface area contributed by atoms with Gasteiger partial charge in [-0.3, -0.25) is 0 Å². The first-order chi connectivity index (χ1) is 7.89. The SMILES string of the molecule is CC(C)c1nnnn1-[n+]1cc(C(C)(C)C)n[nH]1. The standard InChI is InChI=1S/C10H17N7/c1-7(2)9-12-13-15-17(9)16-6-8(11-14-16)10(3,4)5/h6-7H,1-5H3/p+1. The zero-order chi connectivity index (χ0) is 12.6. The lowest BCUT2D eigenvalue weighted by Crippen LogP contribution is -2.46. The third-order valence-electron chi connectivity index (χ3n) is 2.48. The average Bonchev–Trinajstić information content (AvgIpc) is 2.85. The fourth-order valence-electron chi connectivity index (χ4n) is 1.43. The van der Waals surface area contributed by atoms with Gasteiger partial charge in [-0.25, -0.2) is 0 Å². The van der Waals surface area contributed by atoms with Crippen LogP contribution in [0.25, 0.3) is 0 Å². The van der Waals surface area contributed by atoms with Gasteiger partial charge in [-0.2, -0.15) is 0 Å². The van der Waals surface area contributed by atoms with Gasteiger partial charge in [-0.05, 0) is 9.89 Å². The van der Waals surface area contributed by atoms with Crippen molar-refractivity contribution >= 4 is 0 Å². The number of aromatic nitrogens is 7. The van der Waals surface area contributed by atoms with E-state index in [1.54, 1.807) is 9.58 Å². The van der Waals surface area contributed by atoms with Crippen LogP contribution in [0, 0.1) is 0 Å². The quantitative estimate of drug-likeness (QED) is 0.766. The fraction of sp³-hybridized carbons (Fsp3) is 0.700. The summed E-state index contributed by atoms with van der Waals surface area (Å²) < 4.78 is 0. The zero-order valence-corrected chi connectivity index (χ0v) is 10.8. The van der Waals surface area contributed by atoms with Gasteiger partial charge in [0, 0.05) is 11.3 Å². The van der Waals surface area contributed by atoms with Crippen LogP contribution >= 0.6 is 0 Å². The summed E-state index contributed by atoms with van der Waals surface area (Å²) in [5, 5.41) is 18.8. The van der Waals surface area contributed by atoms with Crippen molar-refractivity contribution in [2.75, 3.05) is 0 Å². The van der Waals surface area contributed by atoms with Crippen LogP contribution in [0.3, 0.4) is 0 Å². The van der Waals surface area contributed by atoms with E-state index in [4.69, 9.17) is 0 Å². The molecular formula is C10H18N7+. The Morgan fingerprint density at radius 1 is 1.35 bits per heavy atom. The van der Waals surface area contributed by atoms with Crippen LogP contribution in [0.4, 0.5) is 0 Å². The molecule has 0 aliphatic heterocycles. The molecule has 0 aliphatic rings. The maximum absolute atomic E-state index is 4.27. The lowest BCUT2D eigenvalue weighted by molar-refractivity contribution is -0.791. The monoisotopic (exact) mass is 236 g/mol. The molecule has 0 aliphatic carbocycles. The molecular weight excluding hydrogens is 218 g/mol. The smallest absolute Gasteiger partial charge is 0.0933 e. The summed E-state index contributed by atoms with van der Waals surface area (Å²) in [4.78, 5) is 3.31. The molecule has 0 radical (unpaired) electrons. The van der Waals surface area contributed by atoms with E-state index < -0.39 is 0 Å². The molecule has 1 N–H and O–H groups in total. The van der Waals surface area contributed by atoms with Crippen LogP contribution in [0.5, 0.6) is 0 Å². The minimum Gasteiger partial charge on any atom is -0.0933 e. The highest BCUT2D eigenvalue weighted by Gasteiger charge is 2.24. The van der Waals surface area contributed by atoms with Gasteiger partial charge in [0.1, 0.15) is 5.21 Å². The third kappa shape index (κ3) is 2.17. The van der Waals surface area contributed by atoms with Crippen molar-refractivity contribution < 1.29 is 4.79 Å². The zero-order valence-electron chi connectivity index (χ0n) is 10.8. The van der Waals surface area contributed by atoms with Crippen molar-refractivity contribution in [3.05, 3.63) is 17.7 Å². The van der Waals surface area contributed by atoms with Gasteiger partial charge in [0.05, 0.1) is 5.21 Å². The van der Waals surface area contributed by atoms with E-state index in [1.165, 1.54) is 0 Å². The van der Waals surface area contributed by atoms with Crippen LogP contribution in [-0.2, 0) is 5.41 Å². The minimum absolute atomic E-state index is 0.00620. The number of aromatic amines is 1. The largest absolute Gasteiger partial charge is 0.210 e. The van der Waals surface area contributed by atoms with Gasteiger partial charge >= 0.3 is 0 Å². The van der Waals surface area contributed by atoms with E-state index in [2.05, 4.69) is 46.6 Å². The second kappa shape index (κ2) is 3.90.